The lowest BCUT2D eigenvalue weighted by molar-refractivity contribution is -0.909. The topological polar surface area (TPSA) is 104 Å². The van der Waals surface area contributed by atoms with Crippen molar-refractivity contribution in [2.24, 2.45) is 5.92 Å². The van der Waals surface area contributed by atoms with Crippen LogP contribution < -0.4 is 10.4 Å². The summed E-state index contributed by atoms with van der Waals surface area (Å²) in [6, 6.07) is 10.6. The van der Waals surface area contributed by atoms with E-state index < -0.39 is 17.7 Å². The van der Waals surface area contributed by atoms with Crippen LogP contribution in [0.1, 0.15) is 49.8 Å². The van der Waals surface area contributed by atoms with E-state index in [0.29, 0.717) is 34.6 Å². The maximum atomic E-state index is 14.1. The van der Waals surface area contributed by atoms with Crippen LogP contribution in [-0.2, 0) is 19.9 Å². The van der Waals surface area contributed by atoms with Crippen molar-refractivity contribution in [1.82, 2.24) is 5.16 Å². The lowest BCUT2D eigenvalue weighted by atomic mass is 9.80. The Bertz CT molecular complexity index is 971. The van der Waals surface area contributed by atoms with E-state index in [0.717, 1.165) is 38.6 Å². The number of nitrogens with one attached hydrogen (secondary N) is 1. The number of anilines is 1. The number of esters is 1. The Kier molecular flexibility index (Phi) is 6.86. The van der Waals surface area contributed by atoms with Gasteiger partial charge < -0.3 is 24.2 Å². The average molecular weight is 456 g/mol. The number of amides is 1. The minimum Gasteiger partial charge on any atom is -0.837 e. The molecule has 4 rings (SSSR count). The van der Waals surface area contributed by atoms with E-state index in [1.54, 1.807) is 37.3 Å². The second-order valence-electron chi connectivity index (χ2n) is 9.81. The summed E-state index contributed by atoms with van der Waals surface area (Å²) in [6.45, 7) is 3.27. The molecule has 2 aromatic rings. The molecule has 0 bridgehead atoms. The molecule has 2 unspecified atom stereocenters. The van der Waals surface area contributed by atoms with Crippen LogP contribution in [0, 0.1) is 12.8 Å². The average Bonchev–Trinajstić information content (AvgIpc) is 3.45. The summed E-state index contributed by atoms with van der Waals surface area (Å²) in [4.78, 5) is 25.9. The first kappa shape index (κ1) is 23.4. The molecule has 8 nitrogen and oxygen atoms in total. The normalized spacial score (nSPS) is 25.4. The van der Waals surface area contributed by atoms with Gasteiger partial charge in [0.2, 0.25) is 0 Å². The largest absolute Gasteiger partial charge is 0.837 e. The van der Waals surface area contributed by atoms with Crippen LogP contribution >= 0.6 is 0 Å². The van der Waals surface area contributed by atoms with Crippen LogP contribution in [0.15, 0.2) is 40.9 Å². The number of piperidine rings is 1. The highest BCUT2D eigenvalue weighted by Crippen LogP contribution is 2.40. The van der Waals surface area contributed by atoms with Crippen LogP contribution in [0.4, 0.5) is 5.82 Å². The number of quaternary nitrogens is 1. The Labute approximate surface area is 194 Å². The first-order chi connectivity index (χ1) is 15.8. The lowest BCUT2D eigenvalue weighted by Crippen LogP contribution is -2.59. The van der Waals surface area contributed by atoms with Gasteiger partial charge in [-0.25, -0.2) is 0 Å². The molecular weight excluding hydrogens is 422 g/mol. The summed E-state index contributed by atoms with van der Waals surface area (Å²) >= 11 is 0. The molecule has 33 heavy (non-hydrogen) atoms. The Morgan fingerprint density at radius 2 is 1.94 bits per heavy atom. The quantitative estimate of drug-likeness (QED) is 0.508. The summed E-state index contributed by atoms with van der Waals surface area (Å²) in [7, 11) is 1.98. The number of likely N-dealkylation sites (N-methyl/N-ethyl adjacent to an activating group) is 1. The van der Waals surface area contributed by atoms with Crippen LogP contribution in [0.5, 0.6) is 0 Å². The van der Waals surface area contributed by atoms with Crippen LogP contribution in [-0.4, -0.2) is 54.3 Å². The zero-order valence-electron chi connectivity index (χ0n) is 19.4. The van der Waals surface area contributed by atoms with Gasteiger partial charge in [0.05, 0.1) is 13.6 Å². The molecule has 1 saturated carbocycles. The molecule has 1 saturated heterocycles. The molecule has 2 aliphatic rings. The summed E-state index contributed by atoms with van der Waals surface area (Å²) < 4.78 is 11.3. The van der Waals surface area contributed by atoms with Crippen molar-refractivity contribution < 1.29 is 28.4 Å². The molecule has 8 heteroatoms. The van der Waals surface area contributed by atoms with Crippen molar-refractivity contribution in [3.63, 3.8) is 0 Å². The summed E-state index contributed by atoms with van der Waals surface area (Å²) in [5.74, 6) is -0.0987. The van der Waals surface area contributed by atoms with Crippen LogP contribution in [0.25, 0.3) is 0 Å². The highest BCUT2D eigenvalue weighted by atomic mass is 16.6. The number of rotatable bonds is 7. The van der Waals surface area contributed by atoms with Gasteiger partial charge in [-0.05, 0) is 24.8 Å². The molecule has 1 aromatic heterocycles. The molecule has 2 fully saturated rings. The number of hydrogen-bond acceptors (Lipinski definition) is 6. The molecule has 0 radical (unpaired) electrons. The van der Waals surface area contributed by atoms with Crippen LogP contribution in [0.2, 0.25) is 0 Å². The first-order valence-corrected chi connectivity index (χ1v) is 11.8. The van der Waals surface area contributed by atoms with Gasteiger partial charge in [-0.1, -0.05) is 61.2 Å². The molecule has 0 spiro atoms. The fourth-order valence-corrected chi connectivity index (χ4v) is 5.35. The van der Waals surface area contributed by atoms with Gasteiger partial charge in [-0.15, -0.1) is 0 Å². The molecule has 1 aliphatic heterocycles. The number of likely N-dealkylation sites (tertiary alicyclic amines) is 1. The van der Waals surface area contributed by atoms with E-state index in [-0.39, 0.29) is 18.4 Å². The third-order valence-electron chi connectivity index (χ3n) is 7.00. The Morgan fingerprint density at radius 1 is 1.21 bits per heavy atom. The summed E-state index contributed by atoms with van der Waals surface area (Å²) in [6.07, 6.45) is 4.53. The SMILES string of the molecule is Cc1cc(NC(=O)C[N@+]2(C)CCCC(OC(=O)C([O-])(c3ccccc3)C3CCCC3)C2)no1. The highest BCUT2D eigenvalue weighted by molar-refractivity contribution is 5.90. The van der Waals surface area contributed by atoms with E-state index in [2.05, 4.69) is 10.5 Å². The van der Waals surface area contributed by atoms with Gasteiger partial charge in [0.1, 0.15) is 12.3 Å². The molecule has 1 aromatic carbocycles. The maximum absolute atomic E-state index is 14.1. The molecule has 178 valence electrons. The van der Waals surface area contributed by atoms with E-state index >= 15 is 0 Å². The molecule has 2 heterocycles. The minimum absolute atomic E-state index is 0.175. The fourth-order valence-electron chi connectivity index (χ4n) is 5.35. The number of aromatic nitrogens is 1. The Balaban J connectivity index is 1.43. The summed E-state index contributed by atoms with van der Waals surface area (Å²) in [5.41, 5.74) is -1.40. The Hall–Kier alpha value is -2.71. The maximum Gasteiger partial charge on any atom is 0.300 e. The predicted molar refractivity (Wildman–Crippen MR) is 120 cm³/mol. The van der Waals surface area contributed by atoms with Crippen molar-refractivity contribution in [3.05, 3.63) is 47.7 Å². The zero-order chi connectivity index (χ0) is 23.5. The summed E-state index contributed by atoms with van der Waals surface area (Å²) in [5, 5.41) is 20.6. The molecule has 3 atom stereocenters. The van der Waals surface area contributed by atoms with E-state index in [1.807, 2.05) is 13.1 Å². The van der Waals surface area contributed by atoms with Gasteiger partial charge in [-0.2, -0.15) is 0 Å². The van der Waals surface area contributed by atoms with E-state index in [4.69, 9.17) is 9.26 Å². The number of carbonyl (C=O) groups excluding carboxylic acids is 2. The standard InChI is InChI=1S/C25H33N3O5/c1-18-15-22(27-33-18)26-23(29)17-28(2)14-8-13-21(16-28)32-24(30)25(31,20-11-6-7-12-20)19-9-4-3-5-10-19/h3-5,9-10,15,20-21H,6-8,11-14,16-17H2,1-2H3,(H,26,27,29)/t21?,25?,28-/m1/s1. The van der Waals surface area contributed by atoms with Gasteiger partial charge in [0, 0.05) is 18.1 Å². The van der Waals surface area contributed by atoms with Gasteiger partial charge in [-0.3, -0.25) is 9.59 Å². The number of hydrogen-bond donors (Lipinski definition) is 1. The number of ether oxygens (including phenoxy) is 1. The molecule has 1 N–H and O–H groups in total. The van der Waals surface area contributed by atoms with Crippen molar-refractivity contribution in [1.29, 1.82) is 0 Å². The number of carbonyl (C=O) groups is 2. The second-order valence-corrected chi connectivity index (χ2v) is 9.81. The van der Waals surface area contributed by atoms with Gasteiger partial charge in [0.25, 0.3) is 5.91 Å². The van der Waals surface area contributed by atoms with Gasteiger partial charge in [0.15, 0.2) is 18.5 Å². The van der Waals surface area contributed by atoms with Crippen molar-refractivity contribution in [2.75, 3.05) is 32.0 Å². The molecular formula is C25H33N3O5. The zero-order valence-corrected chi connectivity index (χ0v) is 19.4. The predicted octanol–water partition coefficient (Wildman–Crippen LogP) is 2.52. The minimum atomic E-state index is -1.89. The van der Waals surface area contributed by atoms with Crippen LogP contribution in [0.3, 0.4) is 0 Å². The lowest BCUT2D eigenvalue weighted by Gasteiger charge is -2.46. The van der Waals surface area contributed by atoms with Crippen molar-refractivity contribution in [3.8, 4) is 0 Å². The molecule has 1 amide bonds. The Morgan fingerprint density at radius 3 is 2.61 bits per heavy atom. The van der Waals surface area contributed by atoms with Gasteiger partial charge >= 0.3 is 5.97 Å². The third-order valence-corrected chi connectivity index (χ3v) is 7.00. The first-order valence-electron chi connectivity index (χ1n) is 11.8. The van der Waals surface area contributed by atoms with Crippen molar-refractivity contribution in [2.45, 2.75) is 57.2 Å². The van der Waals surface area contributed by atoms with E-state index in [1.165, 1.54) is 0 Å². The van der Waals surface area contributed by atoms with E-state index in [9.17, 15) is 14.7 Å². The van der Waals surface area contributed by atoms with Crippen molar-refractivity contribution >= 4 is 17.7 Å². The number of benzene rings is 1. The third kappa shape index (κ3) is 5.28. The second kappa shape index (κ2) is 9.65. The monoisotopic (exact) mass is 455 g/mol. The number of aryl methyl sites for hydroxylation is 1. The smallest absolute Gasteiger partial charge is 0.300 e. The highest BCUT2D eigenvalue weighted by Gasteiger charge is 2.42. The fraction of sp³-hybridized carbons (Fsp3) is 0.560. The number of nitrogens with zero attached hydrogens (tertiary/aromatic N) is 2. The molecule has 1 aliphatic carbocycles.